The van der Waals surface area contributed by atoms with E-state index in [0.29, 0.717) is 35.5 Å². The van der Waals surface area contributed by atoms with Gasteiger partial charge in [-0.25, -0.2) is 4.98 Å². The Hall–Kier alpha value is -3.33. The average molecular weight is 485 g/mol. The molecule has 2 saturated heterocycles. The van der Waals surface area contributed by atoms with Crippen LogP contribution in [0.25, 0.3) is 6.08 Å². The Balaban J connectivity index is 1.48. The number of nitrogens with zero attached hydrogens (tertiary/aromatic N) is 4. The van der Waals surface area contributed by atoms with Gasteiger partial charge in [0.05, 0.1) is 13.3 Å². The molecule has 10 heteroatoms. The van der Waals surface area contributed by atoms with Crippen LogP contribution in [0.5, 0.6) is 5.88 Å². The standard InChI is InChI=1S/C24H29ClN6O3/c1-34-22-19(25)14-27-24(29-22)28-18-9-12-31(15-18)23(33)17-6-5-16(7-8-21(26)32)20(13-17)30-10-3-2-4-11-30/h5-8,13-14,18H,2-4,9-12,15H2,1H3,(H2,26,32)(H,27,28,29)/t18-/m1/s1. The number of ether oxygens (including phenoxy) is 1. The van der Waals surface area contributed by atoms with Gasteiger partial charge in [-0.3, -0.25) is 9.59 Å². The van der Waals surface area contributed by atoms with Crippen LogP contribution >= 0.6 is 11.6 Å². The molecule has 3 N–H and O–H groups in total. The molecule has 3 heterocycles. The van der Waals surface area contributed by atoms with Gasteiger partial charge in [0.2, 0.25) is 17.7 Å². The molecule has 2 aliphatic heterocycles. The van der Waals surface area contributed by atoms with Crippen LogP contribution < -0.4 is 20.7 Å². The second-order valence-electron chi connectivity index (χ2n) is 8.49. The molecule has 0 radical (unpaired) electrons. The number of nitrogens with two attached hydrogens (primary N) is 1. The highest BCUT2D eigenvalue weighted by Crippen LogP contribution is 2.28. The predicted octanol–water partition coefficient (Wildman–Crippen LogP) is 2.95. The third-order valence-corrected chi connectivity index (χ3v) is 6.37. The third kappa shape index (κ3) is 5.59. The lowest BCUT2D eigenvalue weighted by Crippen LogP contribution is -2.33. The first kappa shape index (κ1) is 23.8. The number of likely N-dealkylation sites (tertiary alicyclic amines) is 1. The molecule has 2 aliphatic rings. The Morgan fingerprint density at radius 2 is 2.03 bits per heavy atom. The molecule has 0 saturated carbocycles. The number of benzene rings is 1. The lowest BCUT2D eigenvalue weighted by atomic mass is 10.0. The van der Waals surface area contributed by atoms with Crippen molar-refractivity contribution in [1.29, 1.82) is 0 Å². The van der Waals surface area contributed by atoms with E-state index in [1.807, 2.05) is 23.1 Å². The van der Waals surface area contributed by atoms with Crippen LogP contribution in [0.4, 0.5) is 11.6 Å². The van der Waals surface area contributed by atoms with E-state index in [1.54, 1.807) is 6.08 Å². The number of hydrogen-bond donors (Lipinski definition) is 2. The summed E-state index contributed by atoms with van der Waals surface area (Å²) in [6, 6.07) is 5.65. The molecular formula is C24H29ClN6O3. The van der Waals surface area contributed by atoms with E-state index in [9.17, 15) is 9.59 Å². The SMILES string of the molecule is COc1nc(N[C@@H]2CCN(C(=O)c3ccc(C=CC(N)=O)c(N4CCCCC4)c3)C2)ncc1Cl. The number of amides is 2. The number of carbonyl (C=O) groups excluding carboxylic acids is 2. The van der Waals surface area contributed by atoms with Gasteiger partial charge in [-0.1, -0.05) is 17.7 Å². The molecule has 1 atom stereocenters. The average Bonchev–Trinajstić information content (AvgIpc) is 3.32. The van der Waals surface area contributed by atoms with Crippen LogP contribution in [0.1, 0.15) is 41.6 Å². The molecule has 2 aromatic rings. The Morgan fingerprint density at radius 3 is 2.76 bits per heavy atom. The first-order chi connectivity index (χ1) is 16.4. The summed E-state index contributed by atoms with van der Waals surface area (Å²) in [7, 11) is 1.50. The summed E-state index contributed by atoms with van der Waals surface area (Å²) >= 11 is 6.00. The van der Waals surface area contributed by atoms with Crippen LogP contribution in [0.15, 0.2) is 30.5 Å². The third-order valence-electron chi connectivity index (χ3n) is 6.12. The maximum atomic E-state index is 13.3. The number of rotatable bonds is 7. The van der Waals surface area contributed by atoms with E-state index in [1.165, 1.54) is 25.8 Å². The van der Waals surface area contributed by atoms with E-state index in [2.05, 4.69) is 20.2 Å². The van der Waals surface area contributed by atoms with Gasteiger partial charge in [-0.05, 0) is 49.5 Å². The topological polar surface area (TPSA) is 114 Å². The molecule has 9 nitrogen and oxygen atoms in total. The molecule has 1 aromatic heterocycles. The minimum atomic E-state index is -0.498. The monoisotopic (exact) mass is 484 g/mol. The number of halogens is 1. The summed E-state index contributed by atoms with van der Waals surface area (Å²) in [5.41, 5.74) is 7.76. The minimum absolute atomic E-state index is 0.0224. The van der Waals surface area contributed by atoms with Crippen molar-refractivity contribution in [2.45, 2.75) is 31.7 Å². The van der Waals surface area contributed by atoms with Gasteiger partial charge in [0.15, 0.2) is 0 Å². The zero-order chi connectivity index (χ0) is 24.1. The maximum absolute atomic E-state index is 13.3. The summed E-state index contributed by atoms with van der Waals surface area (Å²) in [4.78, 5) is 37.1. The predicted molar refractivity (Wildman–Crippen MR) is 132 cm³/mol. The molecule has 34 heavy (non-hydrogen) atoms. The van der Waals surface area contributed by atoms with Crippen molar-refractivity contribution >= 4 is 41.1 Å². The van der Waals surface area contributed by atoms with Crippen molar-refractivity contribution in [3.05, 3.63) is 46.6 Å². The number of anilines is 2. The lowest BCUT2D eigenvalue weighted by Gasteiger charge is -2.30. The van der Waals surface area contributed by atoms with Gasteiger partial charge >= 0.3 is 0 Å². The number of aromatic nitrogens is 2. The number of primary amides is 1. The van der Waals surface area contributed by atoms with Crippen molar-refractivity contribution in [3.8, 4) is 5.88 Å². The Morgan fingerprint density at radius 1 is 1.24 bits per heavy atom. The maximum Gasteiger partial charge on any atom is 0.254 e. The van der Waals surface area contributed by atoms with Crippen LogP contribution in [-0.2, 0) is 4.79 Å². The molecule has 0 aliphatic carbocycles. The first-order valence-electron chi connectivity index (χ1n) is 11.4. The van der Waals surface area contributed by atoms with E-state index < -0.39 is 5.91 Å². The minimum Gasteiger partial charge on any atom is -0.480 e. The second kappa shape index (κ2) is 10.7. The molecule has 2 amide bonds. The van der Waals surface area contributed by atoms with Crippen LogP contribution in [-0.4, -0.2) is 66.0 Å². The molecular weight excluding hydrogens is 456 g/mol. The number of hydrogen-bond acceptors (Lipinski definition) is 7. The number of methoxy groups -OCH3 is 1. The zero-order valence-electron chi connectivity index (χ0n) is 19.2. The summed E-state index contributed by atoms with van der Waals surface area (Å²) in [6.07, 6.45) is 8.75. The van der Waals surface area contributed by atoms with Crippen LogP contribution in [0, 0.1) is 0 Å². The quantitative estimate of drug-likeness (QED) is 0.581. The van der Waals surface area contributed by atoms with Gasteiger partial charge in [-0.2, -0.15) is 4.98 Å². The van der Waals surface area contributed by atoms with Gasteiger partial charge < -0.3 is 25.6 Å². The van der Waals surface area contributed by atoms with E-state index in [4.69, 9.17) is 22.1 Å². The number of piperidine rings is 1. The van der Waals surface area contributed by atoms with E-state index in [0.717, 1.165) is 43.6 Å². The van der Waals surface area contributed by atoms with Crippen molar-refractivity contribution in [2.24, 2.45) is 5.73 Å². The van der Waals surface area contributed by atoms with Gasteiger partial charge in [0.25, 0.3) is 5.91 Å². The highest BCUT2D eigenvalue weighted by Gasteiger charge is 2.28. The van der Waals surface area contributed by atoms with Crippen molar-refractivity contribution < 1.29 is 14.3 Å². The van der Waals surface area contributed by atoms with Crippen molar-refractivity contribution in [2.75, 3.05) is 43.5 Å². The Labute approximate surface area is 203 Å². The summed E-state index contributed by atoms with van der Waals surface area (Å²) < 4.78 is 5.15. The van der Waals surface area contributed by atoms with Gasteiger partial charge in [-0.15, -0.1) is 0 Å². The van der Waals surface area contributed by atoms with Gasteiger partial charge in [0, 0.05) is 49.5 Å². The first-order valence-corrected chi connectivity index (χ1v) is 11.8. The van der Waals surface area contributed by atoms with Gasteiger partial charge in [0.1, 0.15) is 5.02 Å². The molecule has 0 unspecified atom stereocenters. The fourth-order valence-electron chi connectivity index (χ4n) is 4.39. The molecule has 0 bridgehead atoms. The second-order valence-corrected chi connectivity index (χ2v) is 8.90. The highest BCUT2D eigenvalue weighted by atomic mass is 35.5. The lowest BCUT2D eigenvalue weighted by molar-refractivity contribution is -0.113. The molecule has 1 aromatic carbocycles. The normalized spacial score (nSPS) is 18.4. The fraction of sp³-hybridized carbons (Fsp3) is 0.417. The summed E-state index contributed by atoms with van der Waals surface area (Å²) in [6.45, 7) is 3.02. The molecule has 2 fully saturated rings. The molecule has 4 rings (SSSR count). The number of carbonyl (C=O) groups is 2. The summed E-state index contributed by atoms with van der Waals surface area (Å²) in [5.74, 6) is 0.199. The smallest absolute Gasteiger partial charge is 0.254 e. The largest absolute Gasteiger partial charge is 0.480 e. The summed E-state index contributed by atoms with van der Waals surface area (Å²) in [5, 5.41) is 3.61. The molecule has 180 valence electrons. The number of nitrogens with one attached hydrogen (secondary N) is 1. The zero-order valence-corrected chi connectivity index (χ0v) is 19.9. The van der Waals surface area contributed by atoms with Crippen molar-refractivity contribution in [3.63, 3.8) is 0 Å². The Bertz CT molecular complexity index is 1090. The van der Waals surface area contributed by atoms with Crippen molar-refractivity contribution in [1.82, 2.24) is 14.9 Å². The molecule has 0 spiro atoms. The van der Waals surface area contributed by atoms with E-state index in [-0.39, 0.29) is 11.9 Å². The Kier molecular flexibility index (Phi) is 7.52. The van der Waals surface area contributed by atoms with Crippen LogP contribution in [0.3, 0.4) is 0 Å². The van der Waals surface area contributed by atoms with Crippen LogP contribution in [0.2, 0.25) is 5.02 Å². The fourth-order valence-corrected chi connectivity index (χ4v) is 4.56. The van der Waals surface area contributed by atoms with E-state index >= 15 is 0 Å². The highest BCUT2D eigenvalue weighted by molar-refractivity contribution is 6.31.